The van der Waals surface area contributed by atoms with Crippen LogP contribution in [0, 0.1) is 10.1 Å². The van der Waals surface area contributed by atoms with E-state index in [2.05, 4.69) is 16.7 Å². The Morgan fingerprint density at radius 2 is 2.20 bits per heavy atom. The lowest BCUT2D eigenvalue weighted by atomic mass is 10.1. The number of benzene rings is 1. The monoisotopic (exact) mass is 276 g/mol. The number of piperazine rings is 1. The summed E-state index contributed by atoms with van der Waals surface area (Å²) in [5.41, 5.74) is 6.75. The molecule has 0 amide bonds. The van der Waals surface area contributed by atoms with Gasteiger partial charge < -0.3 is 10.6 Å². The van der Waals surface area contributed by atoms with Crippen LogP contribution >= 0.6 is 0 Å². The van der Waals surface area contributed by atoms with Crippen molar-refractivity contribution in [3.05, 3.63) is 28.3 Å². The van der Waals surface area contributed by atoms with Gasteiger partial charge in [-0.15, -0.1) is 0 Å². The highest BCUT2D eigenvalue weighted by molar-refractivity contribution is 5.75. The van der Waals surface area contributed by atoms with Gasteiger partial charge in [0, 0.05) is 25.2 Å². The smallest absolute Gasteiger partial charge is 0.315 e. The van der Waals surface area contributed by atoms with Crippen molar-refractivity contribution < 1.29 is 4.92 Å². The highest BCUT2D eigenvalue weighted by atomic mass is 16.6. The SMILES string of the molecule is CC1CN2CCCC2CN1c1cccc(N)c1[N+](=O)[O-]. The van der Waals surface area contributed by atoms with Gasteiger partial charge in [-0.05, 0) is 38.4 Å². The molecule has 0 spiro atoms. The summed E-state index contributed by atoms with van der Waals surface area (Å²) in [6.07, 6.45) is 2.41. The van der Waals surface area contributed by atoms with Gasteiger partial charge in [-0.3, -0.25) is 15.0 Å². The van der Waals surface area contributed by atoms with Crippen LogP contribution in [-0.4, -0.2) is 41.5 Å². The molecule has 2 N–H and O–H groups in total. The first-order chi connectivity index (χ1) is 9.58. The van der Waals surface area contributed by atoms with Gasteiger partial charge in [-0.2, -0.15) is 0 Å². The predicted octanol–water partition coefficient (Wildman–Crippen LogP) is 1.85. The fourth-order valence-corrected chi connectivity index (χ4v) is 3.50. The summed E-state index contributed by atoms with van der Waals surface area (Å²) in [6, 6.07) is 6.00. The first-order valence-corrected chi connectivity index (χ1v) is 7.11. The van der Waals surface area contributed by atoms with Gasteiger partial charge in [0.25, 0.3) is 0 Å². The molecule has 2 heterocycles. The molecule has 0 aliphatic carbocycles. The molecular formula is C14H20N4O2. The second-order valence-electron chi connectivity index (χ2n) is 5.76. The number of nitrogen functional groups attached to an aromatic ring is 1. The second-order valence-corrected chi connectivity index (χ2v) is 5.76. The van der Waals surface area contributed by atoms with E-state index in [9.17, 15) is 10.1 Å². The van der Waals surface area contributed by atoms with E-state index in [1.807, 2.05) is 6.07 Å². The molecule has 108 valence electrons. The number of nitrogens with zero attached hydrogens (tertiary/aromatic N) is 3. The predicted molar refractivity (Wildman–Crippen MR) is 78.9 cm³/mol. The Morgan fingerprint density at radius 3 is 2.95 bits per heavy atom. The molecule has 1 aromatic rings. The number of hydrogen-bond acceptors (Lipinski definition) is 5. The molecule has 2 saturated heterocycles. The van der Waals surface area contributed by atoms with Crippen LogP contribution in [0.3, 0.4) is 0 Å². The lowest BCUT2D eigenvalue weighted by molar-refractivity contribution is -0.383. The van der Waals surface area contributed by atoms with Crippen LogP contribution in [0.2, 0.25) is 0 Å². The molecule has 1 aromatic carbocycles. The van der Waals surface area contributed by atoms with Gasteiger partial charge in [-0.1, -0.05) is 6.07 Å². The maximum atomic E-state index is 11.3. The third-order valence-corrected chi connectivity index (χ3v) is 4.48. The molecule has 2 aliphatic rings. The molecule has 0 radical (unpaired) electrons. The molecule has 0 bridgehead atoms. The molecule has 2 fully saturated rings. The molecule has 2 unspecified atom stereocenters. The van der Waals surface area contributed by atoms with E-state index in [0.29, 0.717) is 11.7 Å². The number of anilines is 2. The first kappa shape index (κ1) is 13.2. The zero-order valence-corrected chi connectivity index (χ0v) is 11.7. The number of hydrogen-bond donors (Lipinski definition) is 1. The van der Waals surface area contributed by atoms with E-state index in [1.54, 1.807) is 12.1 Å². The Balaban J connectivity index is 1.96. The van der Waals surface area contributed by atoms with E-state index >= 15 is 0 Å². The Bertz CT molecular complexity index is 534. The van der Waals surface area contributed by atoms with Crippen LogP contribution in [0.5, 0.6) is 0 Å². The minimum absolute atomic E-state index is 0.0470. The number of fused-ring (bicyclic) bond motifs is 1. The maximum absolute atomic E-state index is 11.3. The van der Waals surface area contributed by atoms with Crippen molar-refractivity contribution in [2.75, 3.05) is 30.3 Å². The van der Waals surface area contributed by atoms with Gasteiger partial charge in [0.15, 0.2) is 0 Å². The quantitative estimate of drug-likeness (QED) is 0.507. The zero-order chi connectivity index (χ0) is 14.3. The lowest BCUT2D eigenvalue weighted by Crippen LogP contribution is -2.55. The van der Waals surface area contributed by atoms with E-state index in [1.165, 1.54) is 12.8 Å². The number of nitrogens with two attached hydrogens (primary N) is 1. The van der Waals surface area contributed by atoms with Crippen molar-refractivity contribution in [2.24, 2.45) is 0 Å². The van der Waals surface area contributed by atoms with Crippen LogP contribution in [0.1, 0.15) is 19.8 Å². The van der Waals surface area contributed by atoms with Crippen molar-refractivity contribution in [3.8, 4) is 0 Å². The van der Waals surface area contributed by atoms with Gasteiger partial charge in [0.2, 0.25) is 0 Å². The largest absolute Gasteiger partial charge is 0.393 e. The molecule has 2 aliphatic heterocycles. The van der Waals surface area contributed by atoms with Crippen LogP contribution in [0.15, 0.2) is 18.2 Å². The summed E-state index contributed by atoms with van der Waals surface area (Å²) in [7, 11) is 0. The second kappa shape index (κ2) is 4.94. The van der Waals surface area contributed by atoms with Crippen molar-refractivity contribution in [1.29, 1.82) is 0 Å². The van der Waals surface area contributed by atoms with E-state index < -0.39 is 0 Å². The van der Waals surface area contributed by atoms with Crippen LogP contribution < -0.4 is 10.6 Å². The lowest BCUT2D eigenvalue weighted by Gasteiger charge is -2.43. The molecule has 0 saturated carbocycles. The van der Waals surface area contributed by atoms with Crippen molar-refractivity contribution in [1.82, 2.24) is 4.90 Å². The minimum atomic E-state index is -0.363. The Labute approximate surface area is 118 Å². The third kappa shape index (κ3) is 2.10. The maximum Gasteiger partial charge on any atom is 0.315 e. The number of nitro groups is 1. The van der Waals surface area contributed by atoms with Crippen LogP contribution in [0.4, 0.5) is 17.1 Å². The Kier molecular flexibility index (Phi) is 3.25. The standard InChI is InChI=1S/C14H20N4O2/c1-10-8-16-7-3-4-11(16)9-17(10)13-6-2-5-12(15)14(13)18(19)20/h2,5-6,10-11H,3-4,7-9,15H2,1H3. The summed E-state index contributed by atoms with van der Waals surface area (Å²) in [5, 5.41) is 11.3. The average molecular weight is 276 g/mol. The molecule has 2 atom stereocenters. The number of para-hydroxylation sites is 1. The average Bonchev–Trinajstić information content (AvgIpc) is 2.84. The third-order valence-electron chi connectivity index (χ3n) is 4.48. The van der Waals surface area contributed by atoms with Gasteiger partial charge in [-0.25, -0.2) is 0 Å². The van der Waals surface area contributed by atoms with Gasteiger partial charge in [0.05, 0.1) is 4.92 Å². The number of rotatable bonds is 2. The molecule has 20 heavy (non-hydrogen) atoms. The summed E-state index contributed by atoms with van der Waals surface area (Å²) >= 11 is 0. The highest BCUT2D eigenvalue weighted by Crippen LogP contribution is 2.37. The molecule has 0 aromatic heterocycles. The fraction of sp³-hybridized carbons (Fsp3) is 0.571. The number of nitro benzene ring substituents is 1. The zero-order valence-electron chi connectivity index (χ0n) is 11.7. The van der Waals surface area contributed by atoms with Crippen molar-refractivity contribution in [3.63, 3.8) is 0 Å². The summed E-state index contributed by atoms with van der Waals surface area (Å²) < 4.78 is 0. The van der Waals surface area contributed by atoms with E-state index in [4.69, 9.17) is 5.73 Å². The van der Waals surface area contributed by atoms with Crippen LogP contribution in [-0.2, 0) is 0 Å². The normalized spacial score (nSPS) is 26.6. The molecule has 6 nitrogen and oxygen atoms in total. The van der Waals surface area contributed by atoms with Crippen molar-refractivity contribution in [2.45, 2.75) is 31.8 Å². The summed E-state index contributed by atoms with van der Waals surface area (Å²) in [4.78, 5) is 15.6. The minimum Gasteiger partial charge on any atom is -0.393 e. The Hall–Kier alpha value is -1.82. The topological polar surface area (TPSA) is 75.6 Å². The molecule has 3 rings (SSSR count). The highest BCUT2D eigenvalue weighted by Gasteiger charge is 2.36. The van der Waals surface area contributed by atoms with Crippen molar-refractivity contribution >= 4 is 17.1 Å². The molecule has 6 heteroatoms. The van der Waals surface area contributed by atoms with Gasteiger partial charge in [0.1, 0.15) is 11.4 Å². The molecular weight excluding hydrogens is 256 g/mol. The summed E-state index contributed by atoms with van der Waals surface area (Å²) in [5.74, 6) is 0. The van der Waals surface area contributed by atoms with Crippen LogP contribution in [0.25, 0.3) is 0 Å². The van der Waals surface area contributed by atoms with Gasteiger partial charge >= 0.3 is 5.69 Å². The van der Waals surface area contributed by atoms with E-state index in [0.717, 1.165) is 19.6 Å². The van der Waals surface area contributed by atoms with E-state index in [-0.39, 0.29) is 22.3 Å². The Morgan fingerprint density at radius 1 is 1.40 bits per heavy atom. The summed E-state index contributed by atoms with van der Waals surface area (Å²) in [6.45, 7) is 5.10. The fourth-order valence-electron chi connectivity index (χ4n) is 3.50. The first-order valence-electron chi connectivity index (χ1n) is 7.11.